The molecule has 1 heterocycles. The van der Waals surface area contributed by atoms with E-state index in [1.807, 2.05) is 12.1 Å². The molecule has 0 N–H and O–H groups in total. The first kappa shape index (κ1) is 21.8. The summed E-state index contributed by atoms with van der Waals surface area (Å²) in [6.45, 7) is 0. The lowest BCUT2D eigenvalue weighted by Gasteiger charge is -2.34. The Hall–Kier alpha value is -4.48. The van der Waals surface area contributed by atoms with E-state index in [9.17, 15) is 19.2 Å². The second-order valence-electron chi connectivity index (χ2n) is 9.76. The predicted molar refractivity (Wildman–Crippen MR) is 135 cm³/mol. The molecule has 0 aromatic heterocycles. The molecule has 5 heteroatoms. The highest BCUT2D eigenvalue weighted by Crippen LogP contribution is 2.67. The Morgan fingerprint density at radius 3 is 1.30 bits per heavy atom. The third-order valence-electron chi connectivity index (χ3n) is 8.07. The summed E-state index contributed by atoms with van der Waals surface area (Å²) in [5.74, 6) is -3.05. The summed E-state index contributed by atoms with van der Waals surface area (Å²) < 4.78 is 6.64. The van der Waals surface area contributed by atoms with Gasteiger partial charge in [-0.15, -0.1) is 0 Å². The molecule has 3 aliphatic rings. The summed E-state index contributed by atoms with van der Waals surface area (Å²) >= 11 is 0. The van der Waals surface area contributed by atoms with Gasteiger partial charge in [0, 0.05) is 22.3 Å². The molecule has 0 amide bonds. The van der Waals surface area contributed by atoms with Crippen molar-refractivity contribution in [2.75, 3.05) is 0 Å². The number of Topliss-reactive ketones (excluding diaryl/α,β-unsaturated/α-hetero) is 4. The topological polar surface area (TPSA) is 77.5 Å². The van der Waals surface area contributed by atoms with Crippen molar-refractivity contribution in [2.24, 2.45) is 5.41 Å². The standard InChI is InChI=1S/C32H20O5/c33-26-21-15-7-8-16-22(21)27(34)31(26)25(19-11-3-1-4-12-19)32(37-30(31)20-13-5-2-6-14-20)28(35)23-17-9-10-18-24(23)29(32)36/h1-18,25,30H/t25-,30-/m0/s1. The van der Waals surface area contributed by atoms with Crippen molar-refractivity contribution in [1.29, 1.82) is 0 Å². The van der Waals surface area contributed by atoms with E-state index in [0.29, 0.717) is 11.1 Å². The Kier molecular flexibility index (Phi) is 4.42. The zero-order chi connectivity index (χ0) is 25.4. The Bertz CT molecular complexity index is 1570. The minimum Gasteiger partial charge on any atom is -0.348 e. The summed E-state index contributed by atoms with van der Waals surface area (Å²) in [4.78, 5) is 57.5. The number of ketones is 4. The van der Waals surface area contributed by atoms with E-state index in [1.165, 1.54) is 0 Å². The number of hydrogen-bond donors (Lipinski definition) is 0. The molecule has 4 aromatic carbocycles. The van der Waals surface area contributed by atoms with Crippen LogP contribution in [0, 0.1) is 5.41 Å². The second-order valence-corrected chi connectivity index (χ2v) is 9.76. The van der Waals surface area contributed by atoms with Gasteiger partial charge >= 0.3 is 0 Å². The maximum atomic E-state index is 14.5. The van der Waals surface area contributed by atoms with Gasteiger partial charge in [0.15, 0.2) is 11.6 Å². The van der Waals surface area contributed by atoms with Crippen molar-refractivity contribution in [2.45, 2.75) is 17.6 Å². The maximum absolute atomic E-state index is 14.5. The van der Waals surface area contributed by atoms with Gasteiger partial charge in [-0.3, -0.25) is 19.2 Å². The molecule has 7 rings (SSSR count). The largest absolute Gasteiger partial charge is 0.348 e. The van der Waals surface area contributed by atoms with Crippen LogP contribution in [0.1, 0.15) is 64.6 Å². The quantitative estimate of drug-likeness (QED) is 0.355. The lowest BCUT2D eigenvalue weighted by molar-refractivity contribution is -0.0210. The molecule has 1 saturated heterocycles. The first-order valence-electron chi connectivity index (χ1n) is 12.2. The average molecular weight is 485 g/mol. The van der Waals surface area contributed by atoms with Crippen molar-refractivity contribution >= 4 is 23.1 Å². The van der Waals surface area contributed by atoms with Crippen LogP contribution in [0.5, 0.6) is 0 Å². The summed E-state index contributed by atoms with van der Waals surface area (Å²) in [7, 11) is 0. The van der Waals surface area contributed by atoms with Gasteiger partial charge in [-0.25, -0.2) is 0 Å². The molecule has 0 bridgehead atoms. The van der Waals surface area contributed by atoms with E-state index in [0.717, 1.165) is 0 Å². The van der Waals surface area contributed by atoms with Crippen LogP contribution in [0.3, 0.4) is 0 Å². The van der Waals surface area contributed by atoms with Crippen LogP contribution >= 0.6 is 0 Å². The van der Waals surface area contributed by atoms with Gasteiger partial charge in [0.25, 0.3) is 0 Å². The number of carbonyl (C=O) groups excluding carboxylic acids is 4. The van der Waals surface area contributed by atoms with Crippen molar-refractivity contribution in [3.8, 4) is 0 Å². The maximum Gasteiger partial charge on any atom is 0.204 e. The number of ether oxygens (including phenoxy) is 1. The highest BCUT2D eigenvalue weighted by Gasteiger charge is 2.79. The molecule has 2 aliphatic carbocycles. The average Bonchev–Trinajstić information content (AvgIpc) is 3.48. The zero-order valence-electron chi connectivity index (χ0n) is 19.6. The third-order valence-corrected chi connectivity index (χ3v) is 8.07. The highest BCUT2D eigenvalue weighted by atomic mass is 16.5. The SMILES string of the molecule is O=C1c2ccccc2C(=O)C12O[C@@H](c1ccccc1)C1(C(=O)c3ccccc3C1=O)[C@@H]2c1ccccc1. The van der Waals surface area contributed by atoms with Gasteiger partial charge in [0.05, 0.1) is 5.92 Å². The van der Waals surface area contributed by atoms with Gasteiger partial charge in [-0.1, -0.05) is 109 Å². The van der Waals surface area contributed by atoms with Gasteiger partial charge in [0.2, 0.25) is 17.2 Å². The van der Waals surface area contributed by atoms with Gasteiger partial charge in [0.1, 0.15) is 11.5 Å². The van der Waals surface area contributed by atoms with Crippen molar-refractivity contribution in [3.05, 3.63) is 143 Å². The fourth-order valence-electron chi connectivity index (χ4n) is 6.60. The van der Waals surface area contributed by atoms with E-state index in [4.69, 9.17) is 4.74 Å². The molecule has 0 saturated carbocycles. The molecular formula is C32H20O5. The number of benzene rings is 4. The Labute approximate surface area is 212 Å². The number of hydrogen-bond acceptors (Lipinski definition) is 5. The van der Waals surface area contributed by atoms with E-state index in [-0.39, 0.29) is 22.3 Å². The van der Waals surface area contributed by atoms with Crippen molar-refractivity contribution < 1.29 is 23.9 Å². The molecule has 0 radical (unpaired) electrons. The molecule has 5 nitrogen and oxygen atoms in total. The van der Waals surface area contributed by atoms with Gasteiger partial charge in [-0.05, 0) is 11.1 Å². The normalized spacial score (nSPS) is 22.6. The Morgan fingerprint density at radius 1 is 0.459 bits per heavy atom. The van der Waals surface area contributed by atoms with Crippen molar-refractivity contribution in [1.82, 2.24) is 0 Å². The Balaban J connectivity index is 1.60. The van der Waals surface area contributed by atoms with Gasteiger partial charge < -0.3 is 4.74 Å². The highest BCUT2D eigenvalue weighted by molar-refractivity contribution is 6.37. The molecule has 2 atom stereocenters. The molecular weight excluding hydrogens is 464 g/mol. The fourth-order valence-corrected chi connectivity index (χ4v) is 6.60. The lowest BCUT2D eigenvalue weighted by Crippen LogP contribution is -2.51. The van der Waals surface area contributed by atoms with Crippen LogP contribution in [0.15, 0.2) is 109 Å². The lowest BCUT2D eigenvalue weighted by atomic mass is 9.60. The van der Waals surface area contributed by atoms with Crippen LogP contribution in [0.2, 0.25) is 0 Å². The van der Waals surface area contributed by atoms with E-state index in [2.05, 4.69) is 0 Å². The number of carbonyl (C=O) groups is 4. The molecule has 37 heavy (non-hydrogen) atoms. The van der Waals surface area contributed by atoms with Crippen LogP contribution < -0.4 is 0 Å². The van der Waals surface area contributed by atoms with Crippen LogP contribution in [-0.2, 0) is 4.74 Å². The van der Waals surface area contributed by atoms with E-state index in [1.54, 1.807) is 97.1 Å². The summed E-state index contributed by atoms with van der Waals surface area (Å²) in [6, 6.07) is 31.1. The first-order valence-corrected chi connectivity index (χ1v) is 12.2. The van der Waals surface area contributed by atoms with Crippen molar-refractivity contribution in [3.63, 3.8) is 0 Å². The monoisotopic (exact) mass is 484 g/mol. The first-order chi connectivity index (χ1) is 18.0. The molecule has 1 aliphatic heterocycles. The molecule has 1 fully saturated rings. The van der Waals surface area contributed by atoms with E-state index < -0.39 is 46.2 Å². The molecule has 4 aromatic rings. The smallest absolute Gasteiger partial charge is 0.204 e. The summed E-state index contributed by atoms with van der Waals surface area (Å²) in [5, 5.41) is 0. The minimum atomic E-state index is -2.06. The minimum absolute atomic E-state index is 0.243. The molecule has 2 spiro atoms. The predicted octanol–water partition coefficient (Wildman–Crippen LogP) is 5.43. The van der Waals surface area contributed by atoms with E-state index >= 15 is 0 Å². The Morgan fingerprint density at radius 2 is 0.838 bits per heavy atom. The summed E-state index contributed by atoms with van der Waals surface area (Å²) in [6.07, 6.45) is -1.14. The zero-order valence-corrected chi connectivity index (χ0v) is 19.6. The fraction of sp³-hybridized carbons (Fsp3) is 0.125. The molecule has 0 unspecified atom stereocenters. The second kappa shape index (κ2) is 7.51. The third kappa shape index (κ3) is 2.51. The number of rotatable bonds is 2. The van der Waals surface area contributed by atoms with Crippen LogP contribution in [0.4, 0.5) is 0 Å². The van der Waals surface area contributed by atoms with Crippen LogP contribution in [-0.4, -0.2) is 28.7 Å². The summed E-state index contributed by atoms with van der Waals surface area (Å²) in [5.41, 5.74) is -1.74. The van der Waals surface area contributed by atoms with Gasteiger partial charge in [-0.2, -0.15) is 0 Å². The van der Waals surface area contributed by atoms with Crippen LogP contribution in [0.25, 0.3) is 0 Å². The molecule has 178 valence electrons. The number of fused-ring (bicyclic) bond motifs is 2.